The highest BCUT2D eigenvalue weighted by Gasteiger charge is 2.20. The number of hydrazine groups is 1. The normalized spacial score (nSPS) is 15.5. The minimum atomic E-state index is -0.0569. The van der Waals surface area contributed by atoms with E-state index in [-0.39, 0.29) is 5.91 Å². The third kappa shape index (κ3) is 2.24. The van der Waals surface area contributed by atoms with E-state index in [4.69, 9.17) is 5.84 Å². The van der Waals surface area contributed by atoms with E-state index in [9.17, 15) is 4.79 Å². The minimum absolute atomic E-state index is 0.0569. The summed E-state index contributed by atoms with van der Waals surface area (Å²) in [5.74, 6) is 5.65. The molecule has 0 spiro atoms. The van der Waals surface area contributed by atoms with Gasteiger partial charge in [-0.2, -0.15) is 0 Å². The van der Waals surface area contributed by atoms with E-state index < -0.39 is 0 Å². The van der Waals surface area contributed by atoms with Crippen LogP contribution >= 0.6 is 0 Å². The molecule has 4 N–H and O–H groups in total. The maximum atomic E-state index is 11.7. The fourth-order valence-electron chi connectivity index (χ4n) is 1.47. The zero-order chi connectivity index (χ0) is 10.7. The number of aromatic nitrogens is 1. The topological polar surface area (TPSA) is 80.0 Å². The van der Waals surface area contributed by atoms with E-state index in [0.717, 1.165) is 12.8 Å². The first-order chi connectivity index (χ1) is 7.29. The molecule has 15 heavy (non-hydrogen) atoms. The number of anilines is 1. The summed E-state index contributed by atoms with van der Waals surface area (Å²) in [6, 6.07) is 3.66. The van der Waals surface area contributed by atoms with Gasteiger partial charge in [0.1, 0.15) is 5.82 Å². The molecule has 2 rings (SSSR count). The lowest BCUT2D eigenvalue weighted by Crippen LogP contribution is -2.39. The van der Waals surface area contributed by atoms with E-state index in [1.165, 1.54) is 6.42 Å². The summed E-state index contributed by atoms with van der Waals surface area (Å²) >= 11 is 0. The minimum Gasteiger partial charge on any atom is -0.349 e. The molecule has 0 unspecified atom stereocenters. The largest absolute Gasteiger partial charge is 0.349 e. The number of nitrogens with two attached hydrogens (primary N) is 1. The zero-order valence-electron chi connectivity index (χ0n) is 8.36. The van der Waals surface area contributed by atoms with E-state index in [2.05, 4.69) is 15.7 Å². The first kappa shape index (κ1) is 9.92. The van der Waals surface area contributed by atoms with Gasteiger partial charge in [-0.3, -0.25) is 4.79 Å². The molecule has 1 aliphatic carbocycles. The molecule has 0 aromatic carbocycles. The molecule has 0 aliphatic heterocycles. The van der Waals surface area contributed by atoms with Crippen LogP contribution in [0.1, 0.15) is 29.6 Å². The van der Waals surface area contributed by atoms with Gasteiger partial charge in [0.2, 0.25) is 0 Å². The molecule has 1 aromatic heterocycles. The van der Waals surface area contributed by atoms with Crippen molar-refractivity contribution in [3.05, 3.63) is 23.9 Å². The maximum absolute atomic E-state index is 11.7. The van der Waals surface area contributed by atoms with E-state index >= 15 is 0 Å². The van der Waals surface area contributed by atoms with Gasteiger partial charge in [-0.05, 0) is 31.4 Å². The van der Waals surface area contributed by atoms with Crippen LogP contribution in [-0.4, -0.2) is 16.9 Å². The average Bonchev–Trinajstić information content (AvgIpc) is 2.23. The Morgan fingerprint density at radius 1 is 1.53 bits per heavy atom. The van der Waals surface area contributed by atoms with Gasteiger partial charge in [-0.15, -0.1) is 0 Å². The zero-order valence-corrected chi connectivity index (χ0v) is 8.36. The quantitative estimate of drug-likeness (QED) is 0.501. The molecule has 1 aromatic rings. The molecular formula is C10H14N4O. The fourth-order valence-corrected chi connectivity index (χ4v) is 1.47. The maximum Gasteiger partial charge on any atom is 0.251 e. The molecule has 1 fully saturated rings. The van der Waals surface area contributed by atoms with Gasteiger partial charge in [0, 0.05) is 17.8 Å². The Balaban J connectivity index is 2.03. The standard InChI is InChI=1S/C10H14N4O/c11-14-9-6-7(4-5-12-9)10(15)13-8-2-1-3-8/h4-6,8H,1-3,11H2,(H,12,14)(H,13,15). The van der Waals surface area contributed by atoms with Crippen LogP contribution in [0.25, 0.3) is 0 Å². The van der Waals surface area contributed by atoms with E-state index in [0.29, 0.717) is 17.4 Å². The van der Waals surface area contributed by atoms with E-state index in [1.807, 2.05) is 0 Å². The Morgan fingerprint density at radius 2 is 2.33 bits per heavy atom. The van der Waals surface area contributed by atoms with Crippen LogP contribution in [-0.2, 0) is 0 Å². The van der Waals surface area contributed by atoms with Gasteiger partial charge in [-0.1, -0.05) is 0 Å². The predicted octanol–water partition coefficient (Wildman–Crippen LogP) is 0.649. The summed E-state index contributed by atoms with van der Waals surface area (Å²) in [5, 5.41) is 2.95. The van der Waals surface area contributed by atoms with Crippen molar-refractivity contribution in [2.45, 2.75) is 25.3 Å². The lowest BCUT2D eigenvalue weighted by Gasteiger charge is -2.26. The van der Waals surface area contributed by atoms with Crippen LogP contribution in [0, 0.1) is 0 Å². The van der Waals surface area contributed by atoms with Crippen LogP contribution in [0.4, 0.5) is 5.82 Å². The van der Waals surface area contributed by atoms with Crippen molar-refractivity contribution in [3.8, 4) is 0 Å². The molecule has 1 saturated carbocycles. The van der Waals surface area contributed by atoms with Crippen molar-refractivity contribution in [2.24, 2.45) is 5.84 Å². The SMILES string of the molecule is NNc1cc(C(=O)NC2CCC2)ccn1. The average molecular weight is 206 g/mol. The highest BCUT2D eigenvalue weighted by molar-refractivity contribution is 5.95. The second kappa shape index (κ2) is 4.27. The monoisotopic (exact) mass is 206 g/mol. The third-order valence-electron chi connectivity index (χ3n) is 2.61. The Bertz CT molecular complexity index is 362. The molecule has 0 atom stereocenters. The van der Waals surface area contributed by atoms with Crippen molar-refractivity contribution in [1.29, 1.82) is 0 Å². The van der Waals surface area contributed by atoms with Crippen molar-refractivity contribution in [3.63, 3.8) is 0 Å². The third-order valence-corrected chi connectivity index (χ3v) is 2.61. The molecule has 5 nitrogen and oxygen atoms in total. The van der Waals surface area contributed by atoms with Crippen LogP contribution in [0.3, 0.4) is 0 Å². The van der Waals surface area contributed by atoms with Crippen LogP contribution in [0.5, 0.6) is 0 Å². The number of nitrogens with one attached hydrogen (secondary N) is 2. The molecule has 0 radical (unpaired) electrons. The summed E-state index contributed by atoms with van der Waals surface area (Å²) in [7, 11) is 0. The van der Waals surface area contributed by atoms with Gasteiger partial charge in [0.25, 0.3) is 5.91 Å². The number of hydrogen-bond acceptors (Lipinski definition) is 4. The van der Waals surface area contributed by atoms with Crippen LogP contribution < -0.4 is 16.6 Å². The van der Waals surface area contributed by atoms with Crippen molar-refractivity contribution < 1.29 is 4.79 Å². The number of carbonyl (C=O) groups excluding carboxylic acids is 1. The van der Waals surface area contributed by atoms with Gasteiger partial charge < -0.3 is 10.7 Å². The summed E-state index contributed by atoms with van der Waals surface area (Å²) in [5.41, 5.74) is 3.00. The number of hydrogen-bond donors (Lipinski definition) is 3. The summed E-state index contributed by atoms with van der Waals surface area (Å²) < 4.78 is 0. The summed E-state index contributed by atoms with van der Waals surface area (Å²) in [4.78, 5) is 15.6. The Kier molecular flexibility index (Phi) is 2.82. The molecule has 5 heteroatoms. The van der Waals surface area contributed by atoms with Crippen LogP contribution in [0.2, 0.25) is 0 Å². The second-order valence-electron chi connectivity index (χ2n) is 3.68. The van der Waals surface area contributed by atoms with Gasteiger partial charge in [-0.25, -0.2) is 10.8 Å². The number of amides is 1. The number of pyridine rings is 1. The first-order valence-electron chi connectivity index (χ1n) is 5.03. The summed E-state index contributed by atoms with van der Waals surface area (Å²) in [6.45, 7) is 0. The Labute approximate surface area is 88.0 Å². The van der Waals surface area contributed by atoms with Gasteiger partial charge in [0.15, 0.2) is 0 Å². The molecule has 0 bridgehead atoms. The number of carbonyl (C=O) groups is 1. The second-order valence-corrected chi connectivity index (χ2v) is 3.68. The number of nitrogen functional groups attached to an aromatic ring is 1. The van der Waals surface area contributed by atoms with Crippen molar-refractivity contribution >= 4 is 11.7 Å². The number of rotatable bonds is 3. The highest BCUT2D eigenvalue weighted by Crippen LogP contribution is 2.18. The van der Waals surface area contributed by atoms with Crippen LogP contribution in [0.15, 0.2) is 18.3 Å². The molecule has 1 heterocycles. The van der Waals surface area contributed by atoms with E-state index in [1.54, 1.807) is 18.3 Å². The number of nitrogens with zero attached hydrogens (tertiary/aromatic N) is 1. The Morgan fingerprint density at radius 3 is 2.93 bits per heavy atom. The predicted molar refractivity (Wildman–Crippen MR) is 57.2 cm³/mol. The first-order valence-corrected chi connectivity index (χ1v) is 5.03. The smallest absolute Gasteiger partial charge is 0.251 e. The van der Waals surface area contributed by atoms with Crippen molar-refractivity contribution in [1.82, 2.24) is 10.3 Å². The molecule has 0 saturated heterocycles. The van der Waals surface area contributed by atoms with Gasteiger partial charge in [0.05, 0.1) is 0 Å². The molecule has 1 amide bonds. The lowest BCUT2D eigenvalue weighted by molar-refractivity contribution is 0.0917. The summed E-state index contributed by atoms with van der Waals surface area (Å²) in [6.07, 6.45) is 4.93. The van der Waals surface area contributed by atoms with Crippen molar-refractivity contribution in [2.75, 3.05) is 5.43 Å². The lowest BCUT2D eigenvalue weighted by atomic mass is 9.93. The van der Waals surface area contributed by atoms with Gasteiger partial charge >= 0.3 is 0 Å². The molecule has 80 valence electrons. The highest BCUT2D eigenvalue weighted by atomic mass is 16.1. The molecule has 1 aliphatic rings. The fraction of sp³-hybridized carbons (Fsp3) is 0.400. The Hall–Kier alpha value is -1.62. The molecular weight excluding hydrogens is 192 g/mol.